The number of hydrogen-bond acceptors (Lipinski definition) is 15. The third-order valence-electron chi connectivity index (χ3n) is 12.2. The lowest BCUT2D eigenvalue weighted by atomic mass is 9.77. The number of carbonyl (C=O) groups excluding carboxylic acids is 1. The molecule has 3 fully saturated rings. The minimum absolute atomic E-state index is 0.133. The normalized spacial score (nSPS) is 45.2. The number of halogens is 2. The number of ether oxygens (including phenoxy) is 6. The van der Waals surface area contributed by atoms with Crippen molar-refractivity contribution in [3.8, 4) is 0 Å². The largest absolute Gasteiger partial charge is 0.459 e. The van der Waals surface area contributed by atoms with Gasteiger partial charge >= 0.3 is 5.97 Å². The molecular formula is C41H80I2N2O13. The van der Waals surface area contributed by atoms with Crippen molar-refractivity contribution in [2.45, 2.75) is 205 Å². The fourth-order valence-electron chi connectivity index (χ4n) is 8.74. The van der Waals surface area contributed by atoms with E-state index in [1.807, 2.05) is 51.7 Å². The van der Waals surface area contributed by atoms with Gasteiger partial charge in [0.2, 0.25) is 0 Å². The third kappa shape index (κ3) is 15.0. The van der Waals surface area contributed by atoms with Gasteiger partial charge in [-0.3, -0.25) is 4.79 Å². The summed E-state index contributed by atoms with van der Waals surface area (Å²) in [6.45, 7) is 21.5. The lowest BCUT2D eigenvalue weighted by Gasteiger charge is -2.48. The molecule has 346 valence electrons. The SMILES string of the molecule is CC(C)O.CCC1OC(=O)C(C)C(OC2CC(C)(OC)C(O)C(C)O2)C(C)C(OC2OC(C)CC(N(C)C)C2O)C(C)(O)CC(C)CN(C)C(C)C(O)C1(C)O.II. The van der Waals surface area contributed by atoms with Gasteiger partial charge in [-0.15, -0.1) is 0 Å². The molecule has 3 aliphatic heterocycles. The molecule has 0 amide bonds. The van der Waals surface area contributed by atoms with Crippen LogP contribution in [-0.2, 0) is 33.2 Å². The number of esters is 1. The van der Waals surface area contributed by atoms with Crippen molar-refractivity contribution in [3.05, 3.63) is 0 Å². The Morgan fingerprint density at radius 2 is 1.50 bits per heavy atom. The predicted molar refractivity (Wildman–Crippen MR) is 240 cm³/mol. The number of aliphatic hydroxyl groups is 6. The molecular weight excluding hydrogens is 982 g/mol. The Morgan fingerprint density at radius 1 is 0.948 bits per heavy atom. The summed E-state index contributed by atoms with van der Waals surface area (Å²) in [5, 5.41) is 66.2. The molecule has 3 heterocycles. The highest BCUT2D eigenvalue weighted by atomic mass is 128. The highest BCUT2D eigenvalue weighted by molar-refractivity contribution is 15.0. The first-order valence-electron chi connectivity index (χ1n) is 20.7. The second-order valence-corrected chi connectivity index (χ2v) is 18.3. The smallest absolute Gasteiger partial charge is 0.311 e. The van der Waals surface area contributed by atoms with Crippen LogP contribution in [0.5, 0.6) is 0 Å². The van der Waals surface area contributed by atoms with Crippen LogP contribution in [0.1, 0.15) is 109 Å². The minimum atomic E-state index is -1.80. The number of nitrogens with zero attached hydrogens (tertiary/aromatic N) is 2. The zero-order valence-electron chi connectivity index (χ0n) is 38.0. The summed E-state index contributed by atoms with van der Waals surface area (Å²) in [6, 6.07) is -0.808. The summed E-state index contributed by atoms with van der Waals surface area (Å²) in [5.74, 6) is -2.58. The van der Waals surface area contributed by atoms with Gasteiger partial charge in [0.15, 0.2) is 12.6 Å². The third-order valence-corrected chi connectivity index (χ3v) is 12.2. The maximum atomic E-state index is 14.2. The molecule has 3 rings (SSSR count). The Balaban J connectivity index is 0.00000263. The Bertz CT molecular complexity index is 1200. The second kappa shape index (κ2) is 24.5. The minimum Gasteiger partial charge on any atom is -0.459 e. The van der Waals surface area contributed by atoms with Crippen LogP contribution in [0.25, 0.3) is 0 Å². The van der Waals surface area contributed by atoms with Gasteiger partial charge in [-0.05, 0) is 109 Å². The van der Waals surface area contributed by atoms with Crippen molar-refractivity contribution in [2.75, 3.05) is 34.8 Å². The quantitative estimate of drug-likeness (QED) is 0.158. The Labute approximate surface area is 372 Å². The van der Waals surface area contributed by atoms with Crippen molar-refractivity contribution in [2.24, 2.45) is 17.8 Å². The van der Waals surface area contributed by atoms with Gasteiger partial charge in [0.25, 0.3) is 0 Å². The van der Waals surface area contributed by atoms with Crippen LogP contribution in [0.15, 0.2) is 0 Å². The topological polar surface area (TPSA) is 200 Å². The van der Waals surface area contributed by atoms with Gasteiger partial charge in [0.05, 0.1) is 41.5 Å². The second-order valence-electron chi connectivity index (χ2n) is 18.3. The molecule has 18 atom stereocenters. The van der Waals surface area contributed by atoms with Crippen molar-refractivity contribution in [1.82, 2.24) is 9.80 Å². The van der Waals surface area contributed by atoms with Crippen LogP contribution in [0, 0.1) is 17.8 Å². The van der Waals surface area contributed by atoms with E-state index in [1.54, 1.807) is 55.4 Å². The monoisotopic (exact) mass is 1060 g/mol. The zero-order chi connectivity index (χ0) is 45.2. The molecule has 17 heteroatoms. The fraction of sp³-hybridized carbons (Fsp3) is 0.976. The molecule has 15 nitrogen and oxygen atoms in total. The highest BCUT2D eigenvalue weighted by Crippen LogP contribution is 2.40. The van der Waals surface area contributed by atoms with E-state index in [0.29, 0.717) is 13.0 Å². The molecule has 0 bridgehead atoms. The predicted octanol–water partition coefficient (Wildman–Crippen LogP) is 4.06. The molecule has 18 unspecified atom stereocenters. The summed E-state index contributed by atoms with van der Waals surface area (Å²) < 4.78 is 37.5. The molecule has 3 saturated heterocycles. The zero-order valence-corrected chi connectivity index (χ0v) is 42.3. The Morgan fingerprint density at radius 3 is 2.00 bits per heavy atom. The van der Waals surface area contributed by atoms with E-state index in [-0.39, 0.29) is 43.4 Å². The number of hydrogen-bond donors (Lipinski definition) is 6. The molecule has 58 heavy (non-hydrogen) atoms. The number of methoxy groups -OCH3 is 1. The van der Waals surface area contributed by atoms with Gasteiger partial charge in [0, 0.05) is 81.4 Å². The first-order chi connectivity index (χ1) is 26.6. The maximum absolute atomic E-state index is 14.2. The van der Waals surface area contributed by atoms with Crippen molar-refractivity contribution >= 4 is 43.2 Å². The van der Waals surface area contributed by atoms with E-state index in [2.05, 4.69) is 37.2 Å². The standard InChI is InChI=1S/C38H72N2O12.C3H8O.I2/c1-15-27-38(10,46)31(42)24(6)40(13)19-20(2)17-36(8,45)33(52-35-29(41)26(39(11)12)16-21(3)48-35)22(4)30(23(5)34(44)50-27)51-28-18-37(9,47-14)32(43)25(7)49-28;1-3(2)4;1-2/h20-33,35,41-43,45-46H,15-19H2,1-14H3;3-4H,1-2H3;. The Hall–Kier alpha value is 0.410. The van der Waals surface area contributed by atoms with Crippen LogP contribution in [0.4, 0.5) is 0 Å². The van der Waals surface area contributed by atoms with Crippen LogP contribution >= 0.6 is 37.2 Å². The van der Waals surface area contributed by atoms with E-state index < -0.39 is 96.0 Å². The number of cyclic esters (lactones) is 1. The molecule has 0 aromatic rings. The van der Waals surface area contributed by atoms with Crippen LogP contribution in [-0.4, -0.2) is 178 Å². The summed E-state index contributed by atoms with van der Waals surface area (Å²) in [7, 11) is 7.12. The summed E-state index contributed by atoms with van der Waals surface area (Å²) in [6.07, 6.45) is -8.36. The number of rotatable bonds is 7. The number of carbonyl (C=O) groups is 1. The summed E-state index contributed by atoms with van der Waals surface area (Å²) >= 11 is 4.24. The van der Waals surface area contributed by atoms with E-state index in [0.717, 1.165) is 0 Å². The molecule has 0 aromatic heterocycles. The first-order valence-corrected chi connectivity index (χ1v) is 27.0. The van der Waals surface area contributed by atoms with Crippen molar-refractivity contribution < 1.29 is 63.9 Å². The van der Waals surface area contributed by atoms with E-state index >= 15 is 0 Å². The lowest BCUT2D eigenvalue weighted by Crippen LogP contribution is -2.60. The van der Waals surface area contributed by atoms with Crippen LogP contribution in [0.2, 0.25) is 0 Å². The molecule has 3 aliphatic rings. The lowest BCUT2D eigenvalue weighted by molar-refractivity contribution is -0.318. The van der Waals surface area contributed by atoms with Gasteiger partial charge in [-0.2, -0.15) is 0 Å². The van der Waals surface area contributed by atoms with Crippen LogP contribution in [0.3, 0.4) is 0 Å². The number of likely N-dealkylation sites (N-methyl/N-ethyl adjacent to an activating group) is 2. The molecule has 0 radical (unpaired) electrons. The summed E-state index contributed by atoms with van der Waals surface area (Å²) in [5.41, 5.74) is -4.37. The number of aliphatic hydroxyl groups excluding tert-OH is 4. The fourth-order valence-corrected chi connectivity index (χ4v) is 8.74. The molecule has 0 aliphatic carbocycles. The van der Waals surface area contributed by atoms with Gasteiger partial charge in [-0.25, -0.2) is 0 Å². The first kappa shape index (κ1) is 56.4. The van der Waals surface area contributed by atoms with Gasteiger partial charge < -0.3 is 68.9 Å². The Kier molecular flexibility index (Phi) is 23.8. The highest BCUT2D eigenvalue weighted by Gasteiger charge is 2.52. The molecule has 0 spiro atoms. The molecule has 6 N–H and O–H groups in total. The van der Waals surface area contributed by atoms with E-state index in [1.165, 1.54) is 14.0 Å². The summed E-state index contributed by atoms with van der Waals surface area (Å²) in [4.78, 5) is 18.0. The maximum Gasteiger partial charge on any atom is 0.311 e. The van der Waals surface area contributed by atoms with E-state index in [4.69, 9.17) is 33.5 Å². The average Bonchev–Trinajstić information content (AvgIpc) is 3.13. The van der Waals surface area contributed by atoms with Crippen LogP contribution < -0.4 is 0 Å². The van der Waals surface area contributed by atoms with E-state index in [9.17, 15) is 30.3 Å². The average molecular weight is 1060 g/mol. The van der Waals surface area contributed by atoms with Gasteiger partial charge in [-0.1, -0.05) is 20.8 Å². The molecule has 0 aromatic carbocycles. The van der Waals surface area contributed by atoms with Crippen molar-refractivity contribution in [3.63, 3.8) is 0 Å². The molecule has 0 saturated carbocycles. The van der Waals surface area contributed by atoms with Crippen molar-refractivity contribution in [1.29, 1.82) is 0 Å². The van der Waals surface area contributed by atoms with Gasteiger partial charge in [0.1, 0.15) is 30.0 Å².